The van der Waals surface area contributed by atoms with Gasteiger partial charge in [0.05, 0.1) is 13.2 Å². The first-order valence-corrected chi connectivity index (χ1v) is 6.88. The molecule has 0 aliphatic carbocycles. The summed E-state index contributed by atoms with van der Waals surface area (Å²) in [6, 6.07) is 3.57. The number of hydrogen-bond acceptors (Lipinski definition) is 3. The third-order valence-corrected chi connectivity index (χ3v) is 3.91. The molecule has 0 spiro atoms. The molecule has 0 atom stereocenters. The third-order valence-electron chi connectivity index (χ3n) is 3.91. The summed E-state index contributed by atoms with van der Waals surface area (Å²) in [6.45, 7) is 8.76. The molecule has 1 aromatic heterocycles. The highest BCUT2D eigenvalue weighted by Gasteiger charge is 2.34. The number of rotatable bonds is 3. The zero-order chi connectivity index (χ0) is 14.3. The predicted molar refractivity (Wildman–Crippen MR) is 77.7 cm³/mol. The molecule has 0 saturated carbocycles. The van der Waals surface area contributed by atoms with E-state index in [2.05, 4.69) is 16.5 Å². The van der Waals surface area contributed by atoms with Crippen molar-refractivity contribution < 1.29 is 9.84 Å². The Bertz CT molecular complexity index is 619. The molecule has 1 aromatic carbocycles. The summed E-state index contributed by atoms with van der Waals surface area (Å²) in [7, 11) is 0. The van der Waals surface area contributed by atoms with Crippen LogP contribution in [-0.4, -0.2) is 27.9 Å². The molecule has 0 radical (unpaired) electrons. The van der Waals surface area contributed by atoms with Crippen LogP contribution in [0.15, 0.2) is 24.5 Å². The Hall–Kier alpha value is -1.81. The first-order valence-electron chi connectivity index (χ1n) is 6.88. The van der Waals surface area contributed by atoms with Crippen LogP contribution in [0.2, 0.25) is 0 Å². The molecule has 0 unspecified atom stereocenters. The number of phenols is 1. The first-order chi connectivity index (χ1) is 9.48. The second-order valence-electron chi connectivity index (χ2n) is 6.14. The standard InChI is InChI=1S/C16H20N2O2/c1-11-6-13(19)7-12(2)14(11)15-17-4-5-18(15)8-16(3)9-20-10-16/h4-7,19H,8-10H2,1-3H3. The van der Waals surface area contributed by atoms with E-state index in [1.807, 2.05) is 26.2 Å². The molecule has 0 bridgehead atoms. The van der Waals surface area contributed by atoms with Crippen LogP contribution in [0.5, 0.6) is 5.75 Å². The lowest BCUT2D eigenvalue weighted by Gasteiger charge is -2.38. The lowest BCUT2D eigenvalue weighted by atomic mass is 9.88. The van der Waals surface area contributed by atoms with Crippen LogP contribution < -0.4 is 0 Å². The minimum absolute atomic E-state index is 0.203. The van der Waals surface area contributed by atoms with Crippen LogP contribution in [0.3, 0.4) is 0 Å². The highest BCUT2D eigenvalue weighted by atomic mass is 16.5. The molecule has 0 amide bonds. The summed E-state index contributed by atoms with van der Waals surface area (Å²) in [4.78, 5) is 4.52. The predicted octanol–water partition coefficient (Wildman–Crippen LogP) is 2.91. The zero-order valence-electron chi connectivity index (χ0n) is 12.2. The van der Waals surface area contributed by atoms with Gasteiger partial charge in [-0.05, 0) is 37.1 Å². The quantitative estimate of drug-likeness (QED) is 0.934. The van der Waals surface area contributed by atoms with E-state index in [9.17, 15) is 5.11 Å². The summed E-state index contributed by atoms with van der Waals surface area (Å²) < 4.78 is 7.52. The maximum Gasteiger partial charge on any atom is 0.140 e. The van der Waals surface area contributed by atoms with Gasteiger partial charge in [0.15, 0.2) is 0 Å². The van der Waals surface area contributed by atoms with Crippen molar-refractivity contribution in [3.8, 4) is 17.1 Å². The van der Waals surface area contributed by atoms with Crippen molar-refractivity contribution in [3.63, 3.8) is 0 Å². The Balaban J connectivity index is 2.01. The minimum atomic E-state index is 0.203. The fourth-order valence-corrected chi connectivity index (χ4v) is 2.91. The maximum absolute atomic E-state index is 9.68. The molecule has 3 rings (SSSR count). The van der Waals surface area contributed by atoms with Crippen molar-refractivity contribution in [2.45, 2.75) is 27.3 Å². The summed E-state index contributed by atoms with van der Waals surface area (Å²) in [6.07, 6.45) is 3.86. The van der Waals surface area contributed by atoms with Gasteiger partial charge >= 0.3 is 0 Å². The molecule has 1 fully saturated rings. The highest BCUT2D eigenvalue weighted by molar-refractivity contribution is 5.66. The van der Waals surface area contributed by atoms with Crippen molar-refractivity contribution in [2.24, 2.45) is 5.41 Å². The number of imidazole rings is 1. The van der Waals surface area contributed by atoms with Gasteiger partial charge in [-0.2, -0.15) is 0 Å². The second kappa shape index (κ2) is 4.63. The number of aromatic nitrogens is 2. The number of aromatic hydroxyl groups is 1. The Morgan fingerprint density at radius 2 is 1.95 bits per heavy atom. The summed E-state index contributed by atoms with van der Waals surface area (Å²) in [5.41, 5.74) is 3.40. The molecular weight excluding hydrogens is 252 g/mol. The molecule has 4 nitrogen and oxygen atoms in total. The van der Waals surface area contributed by atoms with E-state index in [4.69, 9.17) is 4.74 Å². The van der Waals surface area contributed by atoms with Gasteiger partial charge in [-0.15, -0.1) is 0 Å². The molecule has 1 aliphatic heterocycles. The second-order valence-corrected chi connectivity index (χ2v) is 6.14. The summed E-state index contributed by atoms with van der Waals surface area (Å²) in [5.74, 6) is 1.27. The molecule has 1 aliphatic rings. The fourth-order valence-electron chi connectivity index (χ4n) is 2.91. The molecule has 1 N–H and O–H groups in total. The molecule has 106 valence electrons. The monoisotopic (exact) mass is 272 g/mol. The largest absolute Gasteiger partial charge is 0.508 e. The van der Waals surface area contributed by atoms with Crippen LogP contribution in [-0.2, 0) is 11.3 Å². The third kappa shape index (κ3) is 2.20. The number of nitrogens with zero attached hydrogens (tertiary/aromatic N) is 2. The van der Waals surface area contributed by atoms with Gasteiger partial charge in [0.2, 0.25) is 0 Å². The molecule has 2 heterocycles. The van der Waals surface area contributed by atoms with E-state index in [1.165, 1.54) is 0 Å². The van der Waals surface area contributed by atoms with Crippen LogP contribution in [0.4, 0.5) is 0 Å². The van der Waals surface area contributed by atoms with Gasteiger partial charge in [-0.1, -0.05) is 6.92 Å². The number of phenolic OH excluding ortho intramolecular Hbond substituents is 1. The zero-order valence-corrected chi connectivity index (χ0v) is 12.2. The van der Waals surface area contributed by atoms with Gasteiger partial charge < -0.3 is 14.4 Å². The first kappa shape index (κ1) is 13.2. The summed E-state index contributed by atoms with van der Waals surface area (Å²) >= 11 is 0. The molecule has 4 heteroatoms. The smallest absolute Gasteiger partial charge is 0.140 e. The topological polar surface area (TPSA) is 47.3 Å². The van der Waals surface area contributed by atoms with Crippen molar-refractivity contribution in [3.05, 3.63) is 35.7 Å². The van der Waals surface area contributed by atoms with Crippen LogP contribution >= 0.6 is 0 Å². The van der Waals surface area contributed by atoms with Gasteiger partial charge in [0.1, 0.15) is 11.6 Å². The number of benzene rings is 1. The molecule has 2 aromatic rings. The average molecular weight is 272 g/mol. The van der Waals surface area contributed by atoms with E-state index in [-0.39, 0.29) is 5.41 Å². The number of hydrogen-bond donors (Lipinski definition) is 1. The van der Waals surface area contributed by atoms with Gasteiger partial charge in [-0.25, -0.2) is 4.98 Å². The van der Waals surface area contributed by atoms with Crippen molar-refractivity contribution >= 4 is 0 Å². The lowest BCUT2D eigenvalue weighted by molar-refractivity contribution is -0.109. The Morgan fingerprint density at radius 3 is 2.50 bits per heavy atom. The Labute approximate surface area is 119 Å². The lowest BCUT2D eigenvalue weighted by Crippen LogP contribution is -2.43. The van der Waals surface area contributed by atoms with E-state index >= 15 is 0 Å². The minimum Gasteiger partial charge on any atom is -0.508 e. The Kier molecular flexibility index (Phi) is 3.05. The highest BCUT2D eigenvalue weighted by Crippen LogP contribution is 2.33. The molecular formula is C16H20N2O2. The van der Waals surface area contributed by atoms with Crippen LogP contribution in [0.1, 0.15) is 18.1 Å². The molecule has 20 heavy (non-hydrogen) atoms. The van der Waals surface area contributed by atoms with Gasteiger partial charge in [0, 0.05) is 29.9 Å². The van der Waals surface area contributed by atoms with E-state index in [1.54, 1.807) is 12.1 Å². The van der Waals surface area contributed by atoms with E-state index in [0.717, 1.165) is 42.3 Å². The van der Waals surface area contributed by atoms with Gasteiger partial charge in [-0.3, -0.25) is 0 Å². The SMILES string of the molecule is Cc1cc(O)cc(C)c1-c1nccn1CC1(C)COC1. The maximum atomic E-state index is 9.68. The summed E-state index contributed by atoms with van der Waals surface area (Å²) in [5, 5.41) is 9.68. The number of aryl methyl sites for hydroxylation is 2. The number of ether oxygens (including phenoxy) is 1. The van der Waals surface area contributed by atoms with Crippen molar-refractivity contribution in [1.82, 2.24) is 9.55 Å². The van der Waals surface area contributed by atoms with E-state index in [0.29, 0.717) is 5.75 Å². The normalized spacial score (nSPS) is 16.9. The van der Waals surface area contributed by atoms with Crippen molar-refractivity contribution in [2.75, 3.05) is 13.2 Å². The molecule has 1 saturated heterocycles. The van der Waals surface area contributed by atoms with Crippen LogP contribution in [0.25, 0.3) is 11.4 Å². The van der Waals surface area contributed by atoms with Crippen LogP contribution in [0, 0.1) is 19.3 Å². The van der Waals surface area contributed by atoms with Crippen molar-refractivity contribution in [1.29, 1.82) is 0 Å². The van der Waals surface area contributed by atoms with Gasteiger partial charge in [0.25, 0.3) is 0 Å². The average Bonchev–Trinajstić information content (AvgIpc) is 2.74. The van der Waals surface area contributed by atoms with E-state index < -0.39 is 0 Å². The Morgan fingerprint density at radius 1 is 1.30 bits per heavy atom. The fraction of sp³-hybridized carbons (Fsp3) is 0.438.